The van der Waals surface area contributed by atoms with Gasteiger partial charge in [-0.3, -0.25) is 4.79 Å². The summed E-state index contributed by atoms with van der Waals surface area (Å²) in [5, 5.41) is 20.9. The summed E-state index contributed by atoms with van der Waals surface area (Å²) in [6.45, 7) is 6.26. The van der Waals surface area contributed by atoms with Gasteiger partial charge in [0.25, 0.3) is 0 Å². The average Bonchev–Trinajstić information content (AvgIpc) is 2.93. The molecule has 0 radical (unpaired) electrons. The van der Waals surface area contributed by atoms with Gasteiger partial charge < -0.3 is 10.2 Å². The highest BCUT2D eigenvalue weighted by molar-refractivity contribution is 9.12. The van der Waals surface area contributed by atoms with Crippen LogP contribution in [0.2, 0.25) is 0 Å². The maximum atomic E-state index is 11.8. The van der Waals surface area contributed by atoms with E-state index in [1.54, 1.807) is 0 Å². The van der Waals surface area contributed by atoms with E-state index in [1.807, 2.05) is 6.08 Å². The monoisotopic (exact) mass is 448 g/mol. The van der Waals surface area contributed by atoms with Gasteiger partial charge in [0.2, 0.25) is 0 Å². The smallest absolute Gasteiger partial charge is 0.342 e. The number of hydrogen-bond donors (Lipinski definition) is 2. The average molecular weight is 449 g/mol. The van der Waals surface area contributed by atoms with Gasteiger partial charge in [0.15, 0.2) is 5.78 Å². The lowest BCUT2D eigenvalue weighted by Gasteiger charge is -2.55. The fourth-order valence-corrected chi connectivity index (χ4v) is 7.33. The first-order valence-electron chi connectivity index (χ1n) is 10.4. The highest BCUT2D eigenvalue weighted by Gasteiger charge is 2.62. The molecule has 3 fully saturated rings. The number of carbonyl (C=O) groups is 2. The fourth-order valence-electron chi connectivity index (χ4n) is 7.06. The molecule has 4 aliphatic rings. The first kappa shape index (κ1) is 20.1. The van der Waals surface area contributed by atoms with Gasteiger partial charge in [-0.15, -0.1) is 0 Å². The highest BCUT2D eigenvalue weighted by Crippen LogP contribution is 2.66. The first-order valence-corrected chi connectivity index (χ1v) is 11.2. The third kappa shape index (κ3) is 2.88. The molecule has 28 heavy (non-hydrogen) atoms. The van der Waals surface area contributed by atoms with Gasteiger partial charge in [0, 0.05) is 11.8 Å². The molecule has 0 unspecified atom stereocenters. The molecule has 0 amide bonds. The minimum atomic E-state index is -1.06. The zero-order chi connectivity index (χ0) is 20.3. The number of carboxylic acids is 1. The van der Waals surface area contributed by atoms with Crippen molar-refractivity contribution in [1.82, 2.24) is 0 Å². The largest absolute Gasteiger partial charge is 0.477 e. The maximum absolute atomic E-state index is 11.8. The van der Waals surface area contributed by atoms with Crippen LogP contribution in [0.15, 0.2) is 34.4 Å². The zero-order valence-corrected chi connectivity index (χ0v) is 18.0. The number of carbonyl (C=O) groups excluding carboxylic acids is 1. The molecule has 0 heterocycles. The Balaban J connectivity index is 1.61. The second-order valence-electron chi connectivity index (χ2n) is 9.48. The molecule has 0 bridgehead atoms. The number of ketones is 1. The number of carboxylic acid groups (broad SMARTS) is 1. The molecule has 4 aliphatic carbocycles. The van der Waals surface area contributed by atoms with Crippen molar-refractivity contribution in [2.75, 3.05) is 0 Å². The van der Waals surface area contributed by atoms with Crippen LogP contribution >= 0.6 is 15.9 Å². The topological polar surface area (TPSA) is 74.6 Å². The number of fused-ring (bicyclic) bond motifs is 5. The molecule has 4 rings (SSSR count). The van der Waals surface area contributed by atoms with Gasteiger partial charge in [-0.25, -0.2) is 4.79 Å². The number of hydrogen-bond acceptors (Lipinski definition) is 3. The summed E-state index contributed by atoms with van der Waals surface area (Å²) in [5.74, 6) is 1.38. The van der Waals surface area contributed by atoms with Crippen molar-refractivity contribution in [2.45, 2.75) is 63.9 Å². The summed E-state index contributed by atoms with van der Waals surface area (Å²) in [6, 6.07) is 0. The molecule has 4 nitrogen and oxygen atoms in total. The number of rotatable bonds is 3. The molecule has 0 spiro atoms. The van der Waals surface area contributed by atoms with Crippen LogP contribution in [0.4, 0.5) is 0 Å². The molecule has 6 atom stereocenters. The standard InChI is InChI=1S/C23H29BrO4/c1-13(11-20(24)21(26)27)23(28)10-8-19-18-5-3-14-12-15(25)4-6-16(14)17(18)7-9-22(19,23)2/h11-12,16-19,28H,1,3-10H2,2H3,(H,26,27)/b20-11-/t16-,17+,18+,19-,22-,23+/m0/s1. The second kappa shape index (κ2) is 6.94. The molecule has 2 N–H and O–H groups in total. The minimum Gasteiger partial charge on any atom is -0.477 e. The molecule has 0 aromatic rings. The van der Waals surface area contributed by atoms with Crippen molar-refractivity contribution < 1.29 is 19.8 Å². The van der Waals surface area contributed by atoms with Gasteiger partial charge in [-0.05, 0) is 102 Å². The van der Waals surface area contributed by atoms with E-state index < -0.39 is 11.6 Å². The summed E-state index contributed by atoms with van der Waals surface area (Å²) >= 11 is 3.07. The molecule has 0 aliphatic heterocycles. The van der Waals surface area contributed by atoms with E-state index >= 15 is 0 Å². The Morgan fingerprint density at radius 1 is 1.21 bits per heavy atom. The normalized spacial score (nSPS) is 42.9. The lowest BCUT2D eigenvalue weighted by Crippen LogP contribution is -2.53. The number of aliphatic carboxylic acids is 1. The summed E-state index contributed by atoms with van der Waals surface area (Å²) in [7, 11) is 0. The van der Waals surface area contributed by atoms with Gasteiger partial charge in [-0.1, -0.05) is 19.1 Å². The van der Waals surface area contributed by atoms with Gasteiger partial charge in [0.05, 0.1) is 5.60 Å². The Morgan fingerprint density at radius 3 is 2.68 bits per heavy atom. The van der Waals surface area contributed by atoms with Crippen LogP contribution in [0.1, 0.15) is 58.3 Å². The van der Waals surface area contributed by atoms with Crippen LogP contribution < -0.4 is 0 Å². The molecule has 5 heteroatoms. The van der Waals surface area contributed by atoms with Gasteiger partial charge >= 0.3 is 5.97 Å². The minimum absolute atomic E-state index is 0.0333. The zero-order valence-electron chi connectivity index (χ0n) is 16.4. The number of aliphatic hydroxyl groups is 1. The SMILES string of the molecule is C=C(/C=C(\Br)C(=O)O)[C@]1(O)CC[C@H]2[C@@H]3CCC4=CC(=O)CC[C@@H]4[C@H]3CC[C@@]21C. The number of halogens is 1. The van der Waals surface area contributed by atoms with Crippen molar-refractivity contribution in [3.05, 3.63) is 34.4 Å². The Hall–Kier alpha value is -1.20. The van der Waals surface area contributed by atoms with E-state index in [4.69, 9.17) is 0 Å². The summed E-state index contributed by atoms with van der Waals surface area (Å²) in [4.78, 5) is 23.0. The fraction of sp³-hybridized carbons (Fsp3) is 0.652. The predicted molar refractivity (Wildman–Crippen MR) is 111 cm³/mol. The van der Waals surface area contributed by atoms with Crippen LogP contribution in [0.5, 0.6) is 0 Å². The van der Waals surface area contributed by atoms with E-state index in [-0.39, 0.29) is 15.7 Å². The molecular formula is C23H29BrO4. The quantitative estimate of drug-likeness (QED) is 0.481. The molecule has 3 saturated carbocycles. The number of allylic oxidation sites excluding steroid dienone is 1. The molecule has 0 aromatic carbocycles. The third-order valence-electron chi connectivity index (χ3n) is 8.49. The Kier molecular flexibility index (Phi) is 4.98. The van der Waals surface area contributed by atoms with Crippen LogP contribution in [-0.2, 0) is 9.59 Å². The molecular weight excluding hydrogens is 420 g/mol. The van der Waals surface area contributed by atoms with E-state index in [1.165, 1.54) is 11.6 Å². The van der Waals surface area contributed by atoms with Crippen LogP contribution in [-0.4, -0.2) is 27.6 Å². The predicted octanol–water partition coefficient (Wildman–Crippen LogP) is 4.78. The van der Waals surface area contributed by atoms with E-state index in [9.17, 15) is 19.8 Å². The van der Waals surface area contributed by atoms with Crippen LogP contribution in [0, 0.1) is 29.1 Å². The van der Waals surface area contributed by atoms with E-state index in [0.717, 1.165) is 38.5 Å². The molecule has 152 valence electrons. The van der Waals surface area contributed by atoms with Crippen LogP contribution in [0.3, 0.4) is 0 Å². The highest BCUT2D eigenvalue weighted by atomic mass is 79.9. The third-order valence-corrected chi connectivity index (χ3v) is 9.06. The maximum Gasteiger partial charge on any atom is 0.342 e. The summed E-state index contributed by atoms with van der Waals surface area (Å²) in [6.07, 6.45) is 10.7. The van der Waals surface area contributed by atoms with Crippen molar-refractivity contribution in [3.63, 3.8) is 0 Å². The van der Waals surface area contributed by atoms with Crippen molar-refractivity contribution in [1.29, 1.82) is 0 Å². The van der Waals surface area contributed by atoms with Crippen molar-refractivity contribution >= 4 is 27.7 Å². The summed E-state index contributed by atoms with van der Waals surface area (Å²) in [5.41, 5.74) is 0.534. The van der Waals surface area contributed by atoms with E-state index in [2.05, 4.69) is 29.4 Å². The van der Waals surface area contributed by atoms with E-state index in [0.29, 0.717) is 42.1 Å². The van der Waals surface area contributed by atoms with Gasteiger partial charge in [0.1, 0.15) is 4.48 Å². The van der Waals surface area contributed by atoms with Crippen molar-refractivity contribution in [3.8, 4) is 0 Å². The Bertz CT molecular complexity index is 796. The first-order chi connectivity index (χ1) is 13.2. The molecule has 0 saturated heterocycles. The lowest BCUT2D eigenvalue weighted by atomic mass is 9.50. The molecule has 0 aromatic heterocycles. The van der Waals surface area contributed by atoms with Crippen molar-refractivity contribution in [2.24, 2.45) is 29.1 Å². The summed E-state index contributed by atoms with van der Waals surface area (Å²) < 4.78 is 0.0333. The Labute approximate surface area is 174 Å². The lowest BCUT2D eigenvalue weighted by molar-refractivity contribution is -0.131. The van der Waals surface area contributed by atoms with Crippen LogP contribution in [0.25, 0.3) is 0 Å². The second-order valence-corrected chi connectivity index (χ2v) is 10.3. The van der Waals surface area contributed by atoms with Gasteiger partial charge in [-0.2, -0.15) is 0 Å². The Morgan fingerprint density at radius 2 is 1.96 bits per heavy atom.